The first-order chi connectivity index (χ1) is 8.56. The van der Waals surface area contributed by atoms with Crippen LogP contribution in [0.3, 0.4) is 0 Å². The maximum atomic E-state index is 3.60. The van der Waals surface area contributed by atoms with Crippen LogP contribution in [0.4, 0.5) is 5.69 Å². The number of hydrogen-bond acceptors (Lipinski definition) is 1. The molecule has 1 N–H and O–H groups in total. The van der Waals surface area contributed by atoms with E-state index in [-0.39, 0.29) is 0 Å². The molecule has 0 saturated heterocycles. The van der Waals surface area contributed by atoms with Crippen LogP contribution >= 0.6 is 15.9 Å². The quantitative estimate of drug-likeness (QED) is 0.817. The van der Waals surface area contributed by atoms with Crippen LogP contribution in [-0.4, -0.2) is 0 Å². The molecule has 1 nitrogen and oxygen atoms in total. The van der Waals surface area contributed by atoms with Gasteiger partial charge < -0.3 is 5.32 Å². The molecular formula is C16H18BrN. The SMILES string of the molecule is Cc1ccc(C(C)Nc2ccc(C)cc2Br)cc1. The molecule has 0 aromatic heterocycles. The maximum absolute atomic E-state index is 3.60. The van der Waals surface area contributed by atoms with E-state index in [0.29, 0.717) is 6.04 Å². The molecule has 0 saturated carbocycles. The van der Waals surface area contributed by atoms with Crippen molar-refractivity contribution in [2.45, 2.75) is 26.8 Å². The highest BCUT2D eigenvalue weighted by Crippen LogP contribution is 2.27. The summed E-state index contributed by atoms with van der Waals surface area (Å²) in [5, 5.41) is 3.53. The van der Waals surface area contributed by atoms with Crippen LogP contribution in [-0.2, 0) is 0 Å². The molecule has 0 heterocycles. The minimum absolute atomic E-state index is 0.296. The van der Waals surface area contributed by atoms with Crippen molar-refractivity contribution in [3.8, 4) is 0 Å². The van der Waals surface area contributed by atoms with E-state index in [0.717, 1.165) is 10.2 Å². The molecule has 0 amide bonds. The predicted octanol–water partition coefficient (Wildman–Crippen LogP) is 5.24. The number of rotatable bonds is 3. The summed E-state index contributed by atoms with van der Waals surface area (Å²) in [4.78, 5) is 0. The number of halogens is 1. The molecule has 2 heteroatoms. The molecule has 94 valence electrons. The Morgan fingerprint density at radius 1 is 0.944 bits per heavy atom. The summed E-state index contributed by atoms with van der Waals surface area (Å²) in [6.07, 6.45) is 0. The molecule has 0 bridgehead atoms. The highest BCUT2D eigenvalue weighted by atomic mass is 79.9. The number of benzene rings is 2. The second kappa shape index (κ2) is 5.57. The van der Waals surface area contributed by atoms with Crippen LogP contribution in [0.15, 0.2) is 46.9 Å². The number of nitrogens with one attached hydrogen (secondary N) is 1. The molecule has 0 aliphatic heterocycles. The Bertz CT molecular complexity index is 531. The van der Waals surface area contributed by atoms with E-state index in [9.17, 15) is 0 Å². The fourth-order valence-corrected chi connectivity index (χ4v) is 2.52. The lowest BCUT2D eigenvalue weighted by Gasteiger charge is -2.17. The molecule has 0 aliphatic carbocycles. The minimum atomic E-state index is 0.296. The summed E-state index contributed by atoms with van der Waals surface area (Å²) in [7, 11) is 0. The molecule has 0 fully saturated rings. The van der Waals surface area contributed by atoms with Crippen molar-refractivity contribution >= 4 is 21.6 Å². The summed E-state index contributed by atoms with van der Waals surface area (Å²) >= 11 is 3.60. The van der Waals surface area contributed by atoms with Crippen molar-refractivity contribution in [2.75, 3.05) is 5.32 Å². The van der Waals surface area contributed by atoms with Crippen molar-refractivity contribution in [3.63, 3.8) is 0 Å². The first-order valence-electron chi connectivity index (χ1n) is 6.15. The van der Waals surface area contributed by atoms with Crippen molar-refractivity contribution in [2.24, 2.45) is 0 Å². The Hall–Kier alpha value is -1.28. The molecule has 0 aliphatic rings. The van der Waals surface area contributed by atoms with Crippen molar-refractivity contribution in [1.82, 2.24) is 0 Å². The van der Waals surface area contributed by atoms with E-state index in [1.54, 1.807) is 0 Å². The van der Waals surface area contributed by atoms with E-state index in [4.69, 9.17) is 0 Å². The fraction of sp³-hybridized carbons (Fsp3) is 0.250. The summed E-state index contributed by atoms with van der Waals surface area (Å²) in [5.74, 6) is 0. The van der Waals surface area contributed by atoms with Crippen molar-refractivity contribution in [1.29, 1.82) is 0 Å². The normalized spacial score (nSPS) is 12.2. The van der Waals surface area contributed by atoms with E-state index in [1.165, 1.54) is 16.7 Å². The Balaban J connectivity index is 2.15. The average molecular weight is 304 g/mol. The highest BCUT2D eigenvalue weighted by molar-refractivity contribution is 9.10. The van der Waals surface area contributed by atoms with E-state index in [1.807, 2.05) is 0 Å². The van der Waals surface area contributed by atoms with Crippen LogP contribution in [0.5, 0.6) is 0 Å². The lowest BCUT2D eigenvalue weighted by Crippen LogP contribution is -2.07. The summed E-state index contributed by atoms with van der Waals surface area (Å²) in [5.41, 5.74) is 4.99. The molecule has 2 aromatic rings. The van der Waals surface area contributed by atoms with Crippen LogP contribution < -0.4 is 5.32 Å². The Morgan fingerprint density at radius 2 is 1.56 bits per heavy atom. The Kier molecular flexibility index (Phi) is 4.07. The first-order valence-corrected chi connectivity index (χ1v) is 6.95. The third-order valence-electron chi connectivity index (χ3n) is 3.07. The van der Waals surface area contributed by atoms with Gasteiger partial charge in [0.2, 0.25) is 0 Å². The second-order valence-corrected chi connectivity index (χ2v) is 5.61. The maximum Gasteiger partial charge on any atom is 0.0489 e. The van der Waals surface area contributed by atoms with Crippen molar-refractivity contribution in [3.05, 3.63) is 63.6 Å². The van der Waals surface area contributed by atoms with Gasteiger partial charge >= 0.3 is 0 Å². The minimum Gasteiger partial charge on any atom is -0.378 e. The van der Waals surface area contributed by atoms with Crippen LogP contribution in [0.1, 0.15) is 29.7 Å². The molecule has 0 radical (unpaired) electrons. The standard InChI is InChI=1S/C16H18BrN/c1-11-4-7-14(8-5-11)13(3)18-16-9-6-12(2)10-15(16)17/h4-10,13,18H,1-3H3. The van der Waals surface area contributed by atoms with E-state index in [2.05, 4.69) is 84.5 Å². The van der Waals surface area contributed by atoms with Gasteiger partial charge in [-0.25, -0.2) is 0 Å². The largest absolute Gasteiger partial charge is 0.378 e. The van der Waals surface area contributed by atoms with Gasteiger partial charge in [0.05, 0.1) is 0 Å². The van der Waals surface area contributed by atoms with E-state index >= 15 is 0 Å². The summed E-state index contributed by atoms with van der Waals surface area (Å²) in [6.45, 7) is 6.38. The third kappa shape index (κ3) is 3.14. The molecule has 2 aromatic carbocycles. The second-order valence-electron chi connectivity index (χ2n) is 4.76. The van der Waals surface area contributed by atoms with Gasteiger partial charge in [0, 0.05) is 16.2 Å². The van der Waals surface area contributed by atoms with Crippen LogP contribution in [0.2, 0.25) is 0 Å². The van der Waals surface area contributed by atoms with Gasteiger partial charge in [0.25, 0.3) is 0 Å². The fourth-order valence-electron chi connectivity index (χ4n) is 1.91. The highest BCUT2D eigenvalue weighted by Gasteiger charge is 2.07. The topological polar surface area (TPSA) is 12.0 Å². The number of hydrogen-bond donors (Lipinski definition) is 1. The summed E-state index contributed by atoms with van der Waals surface area (Å²) < 4.78 is 1.11. The van der Waals surface area contributed by atoms with E-state index < -0.39 is 0 Å². The number of aryl methyl sites for hydroxylation is 2. The van der Waals surface area contributed by atoms with Crippen molar-refractivity contribution < 1.29 is 0 Å². The van der Waals surface area contributed by atoms with Gasteiger partial charge in [-0.1, -0.05) is 35.9 Å². The lowest BCUT2D eigenvalue weighted by atomic mass is 10.1. The zero-order valence-corrected chi connectivity index (χ0v) is 12.6. The van der Waals surface area contributed by atoms with Crippen LogP contribution in [0, 0.1) is 13.8 Å². The zero-order chi connectivity index (χ0) is 13.1. The predicted molar refractivity (Wildman–Crippen MR) is 82.1 cm³/mol. The van der Waals surface area contributed by atoms with Gasteiger partial charge in [-0.3, -0.25) is 0 Å². The smallest absolute Gasteiger partial charge is 0.0489 e. The molecule has 1 unspecified atom stereocenters. The van der Waals surface area contributed by atoms with Gasteiger partial charge in [0.15, 0.2) is 0 Å². The average Bonchev–Trinajstić information content (AvgIpc) is 2.33. The monoisotopic (exact) mass is 303 g/mol. The summed E-state index contributed by atoms with van der Waals surface area (Å²) in [6, 6.07) is 15.3. The zero-order valence-electron chi connectivity index (χ0n) is 11.0. The number of anilines is 1. The van der Waals surface area contributed by atoms with Gasteiger partial charge in [-0.05, 0) is 60.0 Å². The Morgan fingerprint density at radius 3 is 2.17 bits per heavy atom. The molecule has 1 atom stereocenters. The first kappa shape index (κ1) is 13.2. The molecule has 2 rings (SSSR count). The van der Waals surface area contributed by atoms with Gasteiger partial charge in [-0.15, -0.1) is 0 Å². The van der Waals surface area contributed by atoms with Gasteiger partial charge in [0.1, 0.15) is 0 Å². The molecular weight excluding hydrogens is 286 g/mol. The Labute approximate surface area is 117 Å². The molecule has 0 spiro atoms. The third-order valence-corrected chi connectivity index (χ3v) is 3.73. The lowest BCUT2D eigenvalue weighted by molar-refractivity contribution is 0.882. The molecule has 18 heavy (non-hydrogen) atoms. The van der Waals surface area contributed by atoms with Crippen LogP contribution in [0.25, 0.3) is 0 Å². The van der Waals surface area contributed by atoms with Gasteiger partial charge in [-0.2, -0.15) is 0 Å².